The zero-order chi connectivity index (χ0) is 13.4. The predicted molar refractivity (Wildman–Crippen MR) is 73.4 cm³/mol. The molecule has 0 aliphatic carbocycles. The summed E-state index contributed by atoms with van der Waals surface area (Å²) in [6.45, 7) is 1.97. The van der Waals surface area contributed by atoms with E-state index in [-0.39, 0.29) is 5.82 Å². The number of halogens is 1. The van der Waals surface area contributed by atoms with Crippen molar-refractivity contribution in [3.63, 3.8) is 0 Å². The molecule has 0 aliphatic heterocycles. The number of para-hydroxylation sites is 1. The molecule has 0 spiro atoms. The van der Waals surface area contributed by atoms with Crippen molar-refractivity contribution in [2.24, 2.45) is 5.73 Å². The first-order valence-corrected chi connectivity index (χ1v) is 6.16. The van der Waals surface area contributed by atoms with Gasteiger partial charge in [0.25, 0.3) is 0 Å². The second kappa shape index (κ2) is 4.52. The maximum absolute atomic E-state index is 13.3. The summed E-state index contributed by atoms with van der Waals surface area (Å²) in [4.78, 5) is 0. The van der Waals surface area contributed by atoms with Crippen molar-refractivity contribution in [1.29, 1.82) is 0 Å². The highest BCUT2D eigenvalue weighted by molar-refractivity contribution is 5.82. The van der Waals surface area contributed by atoms with Crippen molar-refractivity contribution in [1.82, 2.24) is 0 Å². The van der Waals surface area contributed by atoms with Crippen LogP contribution >= 0.6 is 0 Å². The van der Waals surface area contributed by atoms with Gasteiger partial charge in [0, 0.05) is 10.9 Å². The van der Waals surface area contributed by atoms with E-state index in [0.29, 0.717) is 11.3 Å². The summed E-state index contributed by atoms with van der Waals surface area (Å²) in [5, 5.41) is 1.05. The van der Waals surface area contributed by atoms with Crippen LogP contribution in [0.4, 0.5) is 4.39 Å². The molecule has 2 nitrogen and oxygen atoms in total. The normalized spacial score (nSPS) is 12.8. The molecule has 0 radical (unpaired) electrons. The molecule has 1 atom stereocenters. The minimum atomic E-state index is -0.455. The fraction of sp³-hybridized carbons (Fsp3) is 0.125. The Balaban J connectivity index is 2.11. The van der Waals surface area contributed by atoms with Crippen molar-refractivity contribution in [2.75, 3.05) is 0 Å². The Morgan fingerprint density at radius 1 is 1.11 bits per heavy atom. The number of furan rings is 1. The maximum atomic E-state index is 13.3. The van der Waals surface area contributed by atoms with Crippen molar-refractivity contribution >= 4 is 11.0 Å². The van der Waals surface area contributed by atoms with E-state index in [4.69, 9.17) is 10.2 Å². The van der Waals surface area contributed by atoms with Gasteiger partial charge in [-0.2, -0.15) is 0 Å². The van der Waals surface area contributed by atoms with Crippen LogP contribution in [-0.4, -0.2) is 0 Å². The molecule has 96 valence electrons. The van der Waals surface area contributed by atoms with E-state index in [1.54, 1.807) is 12.1 Å². The molecule has 0 aliphatic rings. The molecule has 1 aromatic heterocycles. The fourth-order valence-corrected chi connectivity index (χ4v) is 2.34. The first-order chi connectivity index (χ1) is 9.16. The van der Waals surface area contributed by atoms with Gasteiger partial charge >= 0.3 is 0 Å². The van der Waals surface area contributed by atoms with Crippen LogP contribution in [0.1, 0.15) is 22.9 Å². The molecule has 1 heterocycles. The monoisotopic (exact) mass is 255 g/mol. The third-order valence-electron chi connectivity index (χ3n) is 3.37. The number of aryl methyl sites for hydroxylation is 1. The zero-order valence-electron chi connectivity index (χ0n) is 10.6. The summed E-state index contributed by atoms with van der Waals surface area (Å²) in [6, 6.07) is 13.6. The van der Waals surface area contributed by atoms with Crippen LogP contribution in [0, 0.1) is 12.7 Å². The topological polar surface area (TPSA) is 39.2 Å². The van der Waals surface area contributed by atoms with E-state index >= 15 is 0 Å². The molecule has 2 N–H and O–H groups in total. The van der Waals surface area contributed by atoms with E-state index in [0.717, 1.165) is 16.5 Å². The molecule has 0 fully saturated rings. The van der Waals surface area contributed by atoms with Crippen molar-refractivity contribution < 1.29 is 8.81 Å². The van der Waals surface area contributed by atoms with Gasteiger partial charge in [-0.3, -0.25) is 0 Å². The second-order valence-electron chi connectivity index (χ2n) is 4.62. The second-order valence-corrected chi connectivity index (χ2v) is 4.62. The van der Waals surface area contributed by atoms with Crippen LogP contribution in [0.2, 0.25) is 0 Å². The van der Waals surface area contributed by atoms with Gasteiger partial charge < -0.3 is 10.2 Å². The molecule has 19 heavy (non-hydrogen) atoms. The molecule has 0 bridgehead atoms. The summed E-state index contributed by atoms with van der Waals surface area (Å²) >= 11 is 0. The van der Waals surface area contributed by atoms with Gasteiger partial charge in [-0.15, -0.1) is 0 Å². The summed E-state index contributed by atoms with van der Waals surface area (Å²) in [6.07, 6.45) is 0. The Kier molecular flexibility index (Phi) is 2.84. The van der Waals surface area contributed by atoms with Gasteiger partial charge in [0.15, 0.2) is 0 Å². The van der Waals surface area contributed by atoms with Crippen LogP contribution in [0.25, 0.3) is 11.0 Å². The molecule has 0 amide bonds. The number of rotatable bonds is 2. The average molecular weight is 255 g/mol. The first kappa shape index (κ1) is 11.9. The molecule has 0 saturated heterocycles. The number of nitrogens with two attached hydrogens (primary N) is 1. The van der Waals surface area contributed by atoms with E-state index in [9.17, 15) is 4.39 Å². The lowest BCUT2D eigenvalue weighted by Crippen LogP contribution is -2.12. The van der Waals surface area contributed by atoms with Gasteiger partial charge in [-0.1, -0.05) is 30.3 Å². The number of hydrogen-bond acceptors (Lipinski definition) is 2. The Bertz CT molecular complexity index is 732. The number of hydrogen-bond donors (Lipinski definition) is 1. The van der Waals surface area contributed by atoms with Crippen molar-refractivity contribution in [3.05, 3.63) is 71.2 Å². The highest BCUT2D eigenvalue weighted by Gasteiger charge is 2.18. The van der Waals surface area contributed by atoms with Crippen LogP contribution in [0.5, 0.6) is 0 Å². The van der Waals surface area contributed by atoms with Crippen LogP contribution in [0.3, 0.4) is 0 Å². The van der Waals surface area contributed by atoms with Gasteiger partial charge in [0.2, 0.25) is 0 Å². The van der Waals surface area contributed by atoms with Gasteiger partial charge in [-0.05, 0) is 30.7 Å². The van der Waals surface area contributed by atoms with E-state index in [2.05, 4.69) is 0 Å². The Morgan fingerprint density at radius 3 is 2.63 bits per heavy atom. The Labute approximate surface area is 110 Å². The van der Waals surface area contributed by atoms with E-state index in [1.807, 2.05) is 31.2 Å². The zero-order valence-corrected chi connectivity index (χ0v) is 10.6. The van der Waals surface area contributed by atoms with E-state index < -0.39 is 6.04 Å². The van der Waals surface area contributed by atoms with Gasteiger partial charge in [0.1, 0.15) is 17.2 Å². The highest BCUT2D eigenvalue weighted by atomic mass is 19.1. The minimum absolute atomic E-state index is 0.290. The van der Waals surface area contributed by atoms with Gasteiger partial charge in [-0.25, -0.2) is 4.39 Å². The fourth-order valence-electron chi connectivity index (χ4n) is 2.34. The van der Waals surface area contributed by atoms with Crippen LogP contribution < -0.4 is 5.73 Å². The summed E-state index contributed by atoms with van der Waals surface area (Å²) < 4.78 is 19.1. The first-order valence-electron chi connectivity index (χ1n) is 6.16. The summed E-state index contributed by atoms with van der Waals surface area (Å²) in [7, 11) is 0. The quantitative estimate of drug-likeness (QED) is 0.753. The third kappa shape index (κ3) is 2.02. The lowest BCUT2D eigenvalue weighted by atomic mass is 10.0. The summed E-state index contributed by atoms with van der Waals surface area (Å²) in [5.41, 5.74) is 8.71. The SMILES string of the molecule is Cc1c(C(N)c2cccc(F)c2)oc2ccccc12. The Morgan fingerprint density at radius 2 is 1.89 bits per heavy atom. The molecule has 0 saturated carbocycles. The highest BCUT2D eigenvalue weighted by Crippen LogP contribution is 2.31. The maximum Gasteiger partial charge on any atom is 0.134 e. The van der Waals surface area contributed by atoms with Crippen molar-refractivity contribution in [3.8, 4) is 0 Å². The largest absolute Gasteiger partial charge is 0.459 e. The standard InChI is InChI=1S/C16H14FNO/c1-10-13-7-2-3-8-14(13)19-16(10)15(18)11-5-4-6-12(17)9-11/h2-9,15H,18H2,1H3. The molecule has 3 aromatic rings. The van der Waals surface area contributed by atoms with E-state index in [1.165, 1.54) is 12.1 Å². The van der Waals surface area contributed by atoms with Crippen molar-refractivity contribution in [2.45, 2.75) is 13.0 Å². The number of fused-ring (bicyclic) bond motifs is 1. The average Bonchev–Trinajstić information content (AvgIpc) is 2.76. The summed E-state index contributed by atoms with van der Waals surface area (Å²) in [5.74, 6) is 0.397. The predicted octanol–water partition coefficient (Wildman–Crippen LogP) is 3.93. The molecule has 1 unspecified atom stereocenters. The van der Waals surface area contributed by atoms with Gasteiger partial charge in [0.05, 0.1) is 6.04 Å². The molecule has 2 aromatic carbocycles. The smallest absolute Gasteiger partial charge is 0.134 e. The third-order valence-corrected chi connectivity index (χ3v) is 3.37. The lowest BCUT2D eigenvalue weighted by molar-refractivity contribution is 0.519. The van der Waals surface area contributed by atoms with Crippen LogP contribution in [0.15, 0.2) is 52.9 Å². The lowest BCUT2D eigenvalue weighted by Gasteiger charge is -2.10. The molecule has 3 rings (SSSR count). The minimum Gasteiger partial charge on any atom is -0.459 e. The molecular formula is C16H14FNO. The Hall–Kier alpha value is -2.13. The van der Waals surface area contributed by atoms with Crippen LogP contribution in [-0.2, 0) is 0 Å². The number of benzene rings is 2. The molecular weight excluding hydrogens is 241 g/mol. The molecule has 3 heteroatoms.